The third kappa shape index (κ3) is 4.66. The number of ether oxygens (including phenoxy) is 1. The van der Waals surface area contributed by atoms with Crippen molar-refractivity contribution in [1.82, 2.24) is 0 Å². The van der Waals surface area contributed by atoms with Gasteiger partial charge in [0.15, 0.2) is 0 Å². The molecule has 0 saturated heterocycles. The topological polar surface area (TPSA) is 21.3 Å². The van der Waals surface area contributed by atoms with Crippen LogP contribution >= 0.6 is 0 Å². The third-order valence-corrected chi connectivity index (χ3v) is 2.94. The Morgan fingerprint density at radius 1 is 0.947 bits per heavy atom. The fraction of sp³-hybridized carbons (Fsp3) is 0.294. The van der Waals surface area contributed by atoms with E-state index in [-0.39, 0.29) is 0 Å². The van der Waals surface area contributed by atoms with Crippen LogP contribution in [0.3, 0.4) is 0 Å². The van der Waals surface area contributed by atoms with Crippen molar-refractivity contribution in [2.24, 2.45) is 0 Å². The van der Waals surface area contributed by atoms with Gasteiger partial charge < -0.3 is 10.1 Å². The molecule has 0 aliphatic rings. The van der Waals surface area contributed by atoms with E-state index in [2.05, 4.69) is 48.6 Å². The zero-order valence-electron chi connectivity index (χ0n) is 11.4. The molecule has 0 unspecified atom stereocenters. The lowest BCUT2D eigenvalue weighted by molar-refractivity contribution is 0.322. The van der Waals surface area contributed by atoms with Crippen LogP contribution in [0.2, 0.25) is 0 Å². The lowest BCUT2D eigenvalue weighted by Gasteiger charge is -2.08. The molecule has 1 N–H and O–H groups in total. The van der Waals surface area contributed by atoms with Crippen LogP contribution in [0.15, 0.2) is 54.6 Å². The van der Waals surface area contributed by atoms with Gasteiger partial charge in [0.25, 0.3) is 0 Å². The summed E-state index contributed by atoms with van der Waals surface area (Å²) in [6.07, 6.45) is 2.08. The predicted molar refractivity (Wildman–Crippen MR) is 80.9 cm³/mol. The summed E-state index contributed by atoms with van der Waals surface area (Å²) in [6.45, 7) is 3.88. The fourth-order valence-electron chi connectivity index (χ4n) is 1.87. The van der Waals surface area contributed by atoms with Crippen LogP contribution in [-0.4, -0.2) is 13.2 Å². The monoisotopic (exact) mass is 255 g/mol. The average Bonchev–Trinajstić information content (AvgIpc) is 2.47. The van der Waals surface area contributed by atoms with Crippen molar-refractivity contribution < 1.29 is 4.74 Å². The Bertz CT molecular complexity index is 464. The first-order valence-electron chi connectivity index (χ1n) is 6.89. The van der Waals surface area contributed by atoms with Crippen LogP contribution in [0.4, 0.5) is 5.69 Å². The van der Waals surface area contributed by atoms with Gasteiger partial charge in [0.2, 0.25) is 0 Å². The number of rotatable bonds is 7. The molecule has 0 atom stereocenters. The van der Waals surface area contributed by atoms with Crippen LogP contribution in [0.5, 0.6) is 5.75 Å². The molecule has 0 saturated carbocycles. The Kier molecular flexibility index (Phi) is 5.30. The molecule has 2 heteroatoms. The van der Waals surface area contributed by atoms with E-state index < -0.39 is 0 Å². The minimum Gasteiger partial charge on any atom is -0.493 e. The van der Waals surface area contributed by atoms with E-state index in [1.54, 1.807) is 0 Å². The Morgan fingerprint density at radius 3 is 2.37 bits per heavy atom. The Morgan fingerprint density at radius 2 is 1.68 bits per heavy atom. The number of anilines is 1. The van der Waals surface area contributed by atoms with E-state index in [0.29, 0.717) is 6.61 Å². The summed E-state index contributed by atoms with van der Waals surface area (Å²) in [4.78, 5) is 0. The highest BCUT2D eigenvalue weighted by Crippen LogP contribution is 2.16. The highest BCUT2D eigenvalue weighted by atomic mass is 16.5. The molecular formula is C17H21NO. The van der Waals surface area contributed by atoms with Gasteiger partial charge in [-0.05, 0) is 36.2 Å². The maximum Gasteiger partial charge on any atom is 0.119 e. The SMILES string of the molecule is CCCNc1ccc(OCCc2ccccc2)cc1. The lowest BCUT2D eigenvalue weighted by Crippen LogP contribution is -2.02. The third-order valence-electron chi connectivity index (χ3n) is 2.94. The highest BCUT2D eigenvalue weighted by Gasteiger charge is 1.96. The molecule has 0 fully saturated rings. The summed E-state index contributed by atoms with van der Waals surface area (Å²) in [5.41, 5.74) is 2.46. The van der Waals surface area contributed by atoms with Gasteiger partial charge >= 0.3 is 0 Å². The first kappa shape index (κ1) is 13.5. The maximum absolute atomic E-state index is 5.74. The molecule has 0 bridgehead atoms. The Labute approximate surface area is 115 Å². The van der Waals surface area contributed by atoms with Gasteiger partial charge in [0.1, 0.15) is 5.75 Å². The van der Waals surface area contributed by atoms with Crippen LogP contribution in [0, 0.1) is 0 Å². The van der Waals surface area contributed by atoms with E-state index in [1.165, 1.54) is 5.56 Å². The van der Waals surface area contributed by atoms with Crippen molar-refractivity contribution >= 4 is 5.69 Å². The molecular weight excluding hydrogens is 234 g/mol. The van der Waals surface area contributed by atoms with E-state index in [1.807, 2.05) is 18.2 Å². The average molecular weight is 255 g/mol. The molecule has 2 aromatic rings. The molecule has 0 heterocycles. The minimum absolute atomic E-state index is 0.714. The summed E-state index contributed by atoms with van der Waals surface area (Å²) in [5.74, 6) is 0.929. The van der Waals surface area contributed by atoms with E-state index >= 15 is 0 Å². The van der Waals surface area contributed by atoms with Crippen LogP contribution in [0.1, 0.15) is 18.9 Å². The fourth-order valence-corrected chi connectivity index (χ4v) is 1.87. The molecule has 0 spiro atoms. The lowest BCUT2D eigenvalue weighted by atomic mass is 10.2. The zero-order valence-corrected chi connectivity index (χ0v) is 11.4. The molecule has 2 nitrogen and oxygen atoms in total. The van der Waals surface area contributed by atoms with Gasteiger partial charge in [-0.15, -0.1) is 0 Å². The number of benzene rings is 2. The second-order valence-corrected chi connectivity index (χ2v) is 4.54. The first-order valence-corrected chi connectivity index (χ1v) is 6.89. The molecule has 0 aliphatic carbocycles. The standard InChI is InChI=1S/C17H21NO/c1-2-13-18-16-8-10-17(11-9-16)19-14-12-15-6-4-3-5-7-15/h3-11,18H,2,12-14H2,1H3. The Hall–Kier alpha value is -1.96. The van der Waals surface area contributed by atoms with Crippen molar-refractivity contribution in [2.75, 3.05) is 18.5 Å². The minimum atomic E-state index is 0.714. The molecule has 0 aromatic heterocycles. The van der Waals surface area contributed by atoms with E-state index in [9.17, 15) is 0 Å². The first-order chi connectivity index (χ1) is 9.38. The predicted octanol–water partition coefficient (Wildman–Crippen LogP) is 4.13. The quantitative estimate of drug-likeness (QED) is 0.803. The van der Waals surface area contributed by atoms with Crippen LogP contribution in [-0.2, 0) is 6.42 Å². The largest absolute Gasteiger partial charge is 0.493 e. The van der Waals surface area contributed by atoms with Crippen LogP contribution < -0.4 is 10.1 Å². The molecule has 0 aliphatic heterocycles. The van der Waals surface area contributed by atoms with Crippen molar-refractivity contribution in [3.05, 3.63) is 60.2 Å². The Balaban J connectivity index is 1.77. The number of hydrogen-bond donors (Lipinski definition) is 1. The van der Waals surface area contributed by atoms with Crippen molar-refractivity contribution in [1.29, 1.82) is 0 Å². The van der Waals surface area contributed by atoms with E-state index in [0.717, 1.165) is 30.8 Å². The summed E-state index contributed by atoms with van der Waals surface area (Å²) in [6, 6.07) is 18.6. The summed E-state index contributed by atoms with van der Waals surface area (Å²) in [7, 11) is 0. The van der Waals surface area contributed by atoms with Crippen molar-refractivity contribution in [3.8, 4) is 5.75 Å². The zero-order chi connectivity index (χ0) is 13.3. The van der Waals surface area contributed by atoms with Gasteiger partial charge in [0.05, 0.1) is 6.61 Å². The molecule has 2 rings (SSSR count). The van der Waals surface area contributed by atoms with Gasteiger partial charge in [-0.3, -0.25) is 0 Å². The number of hydrogen-bond acceptors (Lipinski definition) is 2. The maximum atomic E-state index is 5.74. The summed E-state index contributed by atoms with van der Waals surface area (Å²) >= 11 is 0. The molecule has 19 heavy (non-hydrogen) atoms. The van der Waals surface area contributed by atoms with Crippen LogP contribution in [0.25, 0.3) is 0 Å². The second kappa shape index (κ2) is 7.47. The van der Waals surface area contributed by atoms with Gasteiger partial charge in [-0.2, -0.15) is 0 Å². The summed E-state index contributed by atoms with van der Waals surface area (Å²) in [5, 5.41) is 3.35. The number of nitrogens with one attached hydrogen (secondary N) is 1. The second-order valence-electron chi connectivity index (χ2n) is 4.54. The molecule has 2 aromatic carbocycles. The van der Waals surface area contributed by atoms with Gasteiger partial charge in [-0.25, -0.2) is 0 Å². The van der Waals surface area contributed by atoms with Crippen molar-refractivity contribution in [2.45, 2.75) is 19.8 Å². The highest BCUT2D eigenvalue weighted by molar-refractivity contribution is 5.46. The molecule has 100 valence electrons. The van der Waals surface area contributed by atoms with E-state index in [4.69, 9.17) is 4.74 Å². The smallest absolute Gasteiger partial charge is 0.119 e. The molecule has 0 radical (unpaired) electrons. The van der Waals surface area contributed by atoms with Gasteiger partial charge in [0, 0.05) is 18.7 Å². The summed E-state index contributed by atoms with van der Waals surface area (Å²) < 4.78 is 5.74. The van der Waals surface area contributed by atoms with Gasteiger partial charge in [-0.1, -0.05) is 37.3 Å². The van der Waals surface area contributed by atoms with Crippen molar-refractivity contribution in [3.63, 3.8) is 0 Å². The normalized spacial score (nSPS) is 10.2. The molecule has 0 amide bonds.